The number of amides is 3. The highest BCUT2D eigenvalue weighted by molar-refractivity contribution is 7.89. The van der Waals surface area contributed by atoms with Gasteiger partial charge in [-0.25, -0.2) is 13.3 Å². The van der Waals surface area contributed by atoms with E-state index in [1.54, 1.807) is 0 Å². The van der Waals surface area contributed by atoms with Crippen molar-refractivity contribution >= 4 is 33.4 Å². The monoisotopic (exact) mass is 441 g/mol. The minimum atomic E-state index is -3.82. The first-order valence-corrected chi connectivity index (χ1v) is 11.5. The fourth-order valence-electron chi connectivity index (χ4n) is 4.37. The Morgan fingerprint density at radius 3 is 2.29 bits per heavy atom. The molecule has 2 aromatic rings. The third-order valence-corrected chi connectivity index (χ3v) is 7.53. The van der Waals surface area contributed by atoms with Crippen molar-refractivity contribution in [2.75, 3.05) is 18.8 Å². The second-order valence-electron chi connectivity index (χ2n) is 8.32. The van der Waals surface area contributed by atoms with Gasteiger partial charge in [-0.3, -0.25) is 14.4 Å². The average Bonchev–Trinajstić information content (AvgIpc) is 2.98. The van der Waals surface area contributed by atoms with Crippen LogP contribution in [0.1, 0.15) is 51.3 Å². The molecule has 2 aromatic carbocycles. The van der Waals surface area contributed by atoms with Gasteiger partial charge in [0.25, 0.3) is 17.7 Å². The maximum absolute atomic E-state index is 13.2. The van der Waals surface area contributed by atoms with Crippen LogP contribution in [0, 0.1) is 11.8 Å². The summed E-state index contributed by atoms with van der Waals surface area (Å²) in [7, 11) is -3.82. The van der Waals surface area contributed by atoms with Crippen LogP contribution in [0.15, 0.2) is 47.4 Å². The summed E-state index contributed by atoms with van der Waals surface area (Å²) in [6.07, 6.45) is 0.952. The molecule has 2 heterocycles. The van der Waals surface area contributed by atoms with Gasteiger partial charge in [-0.05, 0) is 48.6 Å². The van der Waals surface area contributed by atoms with E-state index in [-0.39, 0.29) is 39.1 Å². The van der Waals surface area contributed by atoms with Crippen LogP contribution in [0.3, 0.4) is 0 Å². The topological polar surface area (TPSA) is 118 Å². The fraction of sp³-hybridized carbons (Fsp3) is 0.318. The Morgan fingerprint density at radius 1 is 1.00 bits per heavy atom. The van der Waals surface area contributed by atoms with Gasteiger partial charge in [-0.2, -0.15) is 4.31 Å². The van der Waals surface area contributed by atoms with E-state index in [2.05, 4.69) is 0 Å². The molecule has 1 saturated heterocycles. The lowest BCUT2D eigenvalue weighted by Gasteiger charge is -2.34. The van der Waals surface area contributed by atoms with Gasteiger partial charge in [0.15, 0.2) is 0 Å². The number of hydrogen-bond acceptors (Lipinski definition) is 6. The first-order chi connectivity index (χ1) is 14.6. The van der Waals surface area contributed by atoms with Crippen molar-refractivity contribution in [2.24, 2.45) is 11.8 Å². The first kappa shape index (κ1) is 21.2. The third kappa shape index (κ3) is 3.53. The molecule has 0 aromatic heterocycles. The normalized spacial score (nSPS) is 21.9. The van der Waals surface area contributed by atoms with E-state index < -0.39 is 27.7 Å². The van der Waals surface area contributed by atoms with Gasteiger partial charge in [0.2, 0.25) is 10.0 Å². The molecular formula is C22H23N3O5S. The molecule has 162 valence electrons. The van der Waals surface area contributed by atoms with Crippen molar-refractivity contribution in [1.82, 2.24) is 9.21 Å². The van der Waals surface area contributed by atoms with E-state index >= 15 is 0 Å². The number of nitrogens with two attached hydrogens (primary N) is 1. The second kappa shape index (κ2) is 7.58. The molecule has 1 fully saturated rings. The average molecular weight is 442 g/mol. The molecule has 0 radical (unpaired) electrons. The SMILES string of the molecule is C[C@@H]1C[C@@H](C)CN(S(=O)(=O)c2cccc(C(=O)N3C(=O)c4cccc(N)c4C3=O)c2)C1. The molecular weight excluding hydrogens is 418 g/mol. The predicted octanol–water partition coefficient (Wildman–Crippen LogP) is 2.37. The van der Waals surface area contributed by atoms with Crippen molar-refractivity contribution in [2.45, 2.75) is 25.2 Å². The molecule has 9 heteroatoms. The highest BCUT2D eigenvalue weighted by Crippen LogP contribution is 2.30. The Hall–Kier alpha value is -3.04. The molecule has 2 atom stereocenters. The zero-order valence-corrected chi connectivity index (χ0v) is 18.1. The summed E-state index contributed by atoms with van der Waals surface area (Å²) >= 11 is 0. The van der Waals surface area contributed by atoms with Crippen molar-refractivity contribution in [1.29, 1.82) is 0 Å². The summed E-state index contributed by atoms with van der Waals surface area (Å²) in [5.41, 5.74) is 5.90. The molecule has 8 nitrogen and oxygen atoms in total. The van der Waals surface area contributed by atoms with Crippen LogP contribution in [0.5, 0.6) is 0 Å². The van der Waals surface area contributed by atoms with E-state index in [1.165, 1.54) is 46.8 Å². The van der Waals surface area contributed by atoms with Crippen LogP contribution in [0.4, 0.5) is 5.69 Å². The zero-order chi connectivity index (χ0) is 22.5. The summed E-state index contributed by atoms with van der Waals surface area (Å²) < 4.78 is 27.8. The minimum Gasteiger partial charge on any atom is -0.398 e. The maximum Gasteiger partial charge on any atom is 0.270 e. The largest absolute Gasteiger partial charge is 0.398 e. The number of anilines is 1. The van der Waals surface area contributed by atoms with Gasteiger partial charge < -0.3 is 5.73 Å². The Kier molecular flexibility index (Phi) is 5.18. The quantitative estimate of drug-likeness (QED) is 0.577. The number of rotatable bonds is 3. The van der Waals surface area contributed by atoms with Crippen LogP contribution in [0.2, 0.25) is 0 Å². The molecule has 0 saturated carbocycles. The van der Waals surface area contributed by atoms with E-state index in [0.29, 0.717) is 18.0 Å². The number of carbonyl (C=O) groups is 3. The number of fused-ring (bicyclic) bond motifs is 1. The highest BCUT2D eigenvalue weighted by atomic mass is 32.2. The molecule has 3 amide bonds. The van der Waals surface area contributed by atoms with Crippen molar-refractivity contribution < 1.29 is 22.8 Å². The van der Waals surface area contributed by atoms with Crippen molar-refractivity contribution in [3.63, 3.8) is 0 Å². The third-order valence-electron chi connectivity index (χ3n) is 5.70. The van der Waals surface area contributed by atoms with Gasteiger partial charge in [0.1, 0.15) is 0 Å². The Bertz CT molecular complexity index is 1200. The van der Waals surface area contributed by atoms with Crippen LogP contribution < -0.4 is 5.73 Å². The number of carbonyl (C=O) groups excluding carboxylic acids is 3. The maximum atomic E-state index is 13.2. The summed E-state index contributed by atoms with van der Waals surface area (Å²) in [5.74, 6) is -2.01. The van der Waals surface area contributed by atoms with Gasteiger partial charge in [0.05, 0.1) is 16.0 Å². The lowest BCUT2D eigenvalue weighted by molar-refractivity contribution is 0.0566. The molecule has 2 N–H and O–H groups in total. The number of benzene rings is 2. The first-order valence-electron chi connectivity index (χ1n) is 10.0. The van der Waals surface area contributed by atoms with Crippen LogP contribution in [-0.2, 0) is 10.0 Å². The standard InChI is InChI=1S/C22H23N3O5S/c1-13-9-14(2)12-24(11-13)31(29,30)16-6-3-5-15(10-16)20(26)25-21(27)17-7-4-8-18(23)19(17)22(25)28/h3-8,10,13-14H,9,11-12,23H2,1-2H3/t13-,14-/m1/s1. The second-order valence-corrected chi connectivity index (χ2v) is 10.3. The lowest BCUT2D eigenvalue weighted by Crippen LogP contribution is -2.42. The summed E-state index contributed by atoms with van der Waals surface area (Å²) in [6.45, 7) is 4.82. The molecule has 4 rings (SSSR count). The number of nitrogens with zero attached hydrogens (tertiary/aromatic N) is 2. The van der Waals surface area contributed by atoms with E-state index in [4.69, 9.17) is 5.73 Å². The summed E-state index contributed by atoms with van der Waals surface area (Å²) in [6, 6.07) is 9.88. The van der Waals surface area contributed by atoms with E-state index in [9.17, 15) is 22.8 Å². The number of nitrogen functional groups attached to an aromatic ring is 1. The summed E-state index contributed by atoms with van der Waals surface area (Å²) in [5, 5.41) is 0. The number of hydrogen-bond donors (Lipinski definition) is 1. The molecule has 2 aliphatic rings. The smallest absolute Gasteiger partial charge is 0.270 e. The molecule has 31 heavy (non-hydrogen) atoms. The van der Waals surface area contributed by atoms with Gasteiger partial charge in [0, 0.05) is 24.3 Å². The summed E-state index contributed by atoms with van der Waals surface area (Å²) in [4.78, 5) is 38.9. The van der Waals surface area contributed by atoms with E-state index in [1.807, 2.05) is 13.8 Å². The number of sulfonamides is 1. The van der Waals surface area contributed by atoms with Crippen molar-refractivity contribution in [3.05, 3.63) is 59.2 Å². The highest BCUT2D eigenvalue weighted by Gasteiger charge is 2.42. The Balaban J connectivity index is 1.66. The molecule has 2 aliphatic heterocycles. The van der Waals surface area contributed by atoms with Crippen molar-refractivity contribution in [3.8, 4) is 0 Å². The Morgan fingerprint density at radius 2 is 1.65 bits per heavy atom. The molecule has 0 bridgehead atoms. The van der Waals surface area contributed by atoms with E-state index in [0.717, 1.165) is 6.42 Å². The molecule has 0 aliphatic carbocycles. The molecule has 0 unspecified atom stereocenters. The number of imide groups is 3. The zero-order valence-electron chi connectivity index (χ0n) is 17.2. The lowest BCUT2D eigenvalue weighted by atomic mass is 9.94. The van der Waals surface area contributed by atoms with Gasteiger partial charge in [-0.1, -0.05) is 26.0 Å². The Labute approximate surface area is 180 Å². The molecule has 0 spiro atoms. The minimum absolute atomic E-state index is 0.0130. The number of piperidine rings is 1. The van der Waals surface area contributed by atoms with Crippen LogP contribution in [-0.4, -0.2) is 48.4 Å². The van der Waals surface area contributed by atoms with Gasteiger partial charge >= 0.3 is 0 Å². The van der Waals surface area contributed by atoms with Crippen LogP contribution in [0.25, 0.3) is 0 Å². The van der Waals surface area contributed by atoms with Gasteiger partial charge in [-0.15, -0.1) is 0 Å². The predicted molar refractivity (Wildman–Crippen MR) is 114 cm³/mol. The van der Waals surface area contributed by atoms with Crippen LogP contribution >= 0.6 is 0 Å². The fourth-order valence-corrected chi connectivity index (χ4v) is 6.09.